The number of hydrogen-bond donors (Lipinski definition) is 2. The van der Waals surface area contributed by atoms with Gasteiger partial charge in [0.1, 0.15) is 0 Å². The second-order valence-corrected chi connectivity index (χ2v) is 5.29. The predicted octanol–water partition coefficient (Wildman–Crippen LogP) is 1.31. The Bertz CT molecular complexity index is 225. The van der Waals surface area contributed by atoms with Crippen LogP contribution >= 0.6 is 0 Å². The fourth-order valence-corrected chi connectivity index (χ4v) is 2.14. The van der Waals surface area contributed by atoms with Crippen molar-refractivity contribution in [1.82, 2.24) is 10.6 Å². The Balaban J connectivity index is 2.10. The molecule has 0 bridgehead atoms. The Labute approximate surface area is 104 Å². The van der Waals surface area contributed by atoms with Crippen LogP contribution in [0, 0.1) is 5.41 Å². The SMILES string of the molecule is COCCCCC(=O)NCC1(C)CCNCC1. The first-order valence-electron chi connectivity index (χ1n) is 6.63. The van der Waals surface area contributed by atoms with Crippen LogP contribution in [0.2, 0.25) is 0 Å². The van der Waals surface area contributed by atoms with Gasteiger partial charge >= 0.3 is 0 Å². The Kier molecular flexibility index (Phi) is 6.52. The third kappa shape index (κ3) is 6.03. The first kappa shape index (κ1) is 14.5. The average molecular weight is 242 g/mol. The summed E-state index contributed by atoms with van der Waals surface area (Å²) in [6.07, 6.45) is 4.80. The highest BCUT2D eigenvalue weighted by atomic mass is 16.5. The van der Waals surface area contributed by atoms with Crippen LogP contribution < -0.4 is 10.6 Å². The van der Waals surface area contributed by atoms with Gasteiger partial charge in [-0.3, -0.25) is 4.79 Å². The molecule has 4 nitrogen and oxygen atoms in total. The lowest BCUT2D eigenvalue weighted by molar-refractivity contribution is -0.121. The van der Waals surface area contributed by atoms with E-state index >= 15 is 0 Å². The number of carbonyl (C=O) groups is 1. The highest BCUT2D eigenvalue weighted by Crippen LogP contribution is 2.26. The van der Waals surface area contributed by atoms with Gasteiger partial charge in [0.25, 0.3) is 0 Å². The molecule has 0 radical (unpaired) electrons. The van der Waals surface area contributed by atoms with Crippen LogP contribution in [0.3, 0.4) is 0 Å². The topological polar surface area (TPSA) is 50.4 Å². The van der Waals surface area contributed by atoms with E-state index in [1.54, 1.807) is 7.11 Å². The molecule has 1 saturated heterocycles. The molecule has 0 aromatic carbocycles. The second-order valence-electron chi connectivity index (χ2n) is 5.29. The third-order valence-corrected chi connectivity index (χ3v) is 3.53. The number of nitrogens with one attached hydrogen (secondary N) is 2. The van der Waals surface area contributed by atoms with Crippen LogP contribution in [0.25, 0.3) is 0 Å². The number of unbranched alkanes of at least 4 members (excludes halogenated alkanes) is 1. The summed E-state index contributed by atoms with van der Waals surface area (Å²) in [7, 11) is 1.69. The summed E-state index contributed by atoms with van der Waals surface area (Å²) >= 11 is 0. The molecular formula is C13H26N2O2. The molecule has 17 heavy (non-hydrogen) atoms. The van der Waals surface area contributed by atoms with E-state index in [0.29, 0.717) is 6.42 Å². The van der Waals surface area contributed by atoms with E-state index in [1.165, 1.54) is 0 Å². The molecule has 0 spiro atoms. The van der Waals surface area contributed by atoms with Crippen molar-refractivity contribution in [2.75, 3.05) is 33.4 Å². The van der Waals surface area contributed by atoms with Crippen molar-refractivity contribution in [2.24, 2.45) is 5.41 Å². The van der Waals surface area contributed by atoms with Gasteiger partial charge in [0.2, 0.25) is 5.91 Å². The minimum atomic E-state index is 0.181. The van der Waals surface area contributed by atoms with Crippen molar-refractivity contribution < 1.29 is 9.53 Å². The van der Waals surface area contributed by atoms with Gasteiger partial charge in [0, 0.05) is 26.7 Å². The summed E-state index contributed by atoms with van der Waals surface area (Å²) in [6, 6.07) is 0. The fourth-order valence-electron chi connectivity index (χ4n) is 2.14. The summed E-state index contributed by atoms with van der Waals surface area (Å²) in [4.78, 5) is 11.6. The predicted molar refractivity (Wildman–Crippen MR) is 68.9 cm³/mol. The van der Waals surface area contributed by atoms with Crippen LogP contribution in [0.15, 0.2) is 0 Å². The molecule has 2 N–H and O–H groups in total. The maximum absolute atomic E-state index is 11.6. The van der Waals surface area contributed by atoms with E-state index in [4.69, 9.17) is 4.74 Å². The van der Waals surface area contributed by atoms with Crippen molar-refractivity contribution in [2.45, 2.75) is 39.0 Å². The highest BCUT2D eigenvalue weighted by Gasteiger charge is 2.26. The number of amides is 1. The lowest BCUT2D eigenvalue weighted by Gasteiger charge is -2.34. The summed E-state index contributed by atoms with van der Waals surface area (Å²) in [5, 5.41) is 6.41. The molecule has 1 heterocycles. The van der Waals surface area contributed by atoms with Gasteiger partial charge in [-0.1, -0.05) is 6.92 Å². The van der Waals surface area contributed by atoms with Gasteiger partial charge in [-0.15, -0.1) is 0 Å². The highest BCUT2D eigenvalue weighted by molar-refractivity contribution is 5.75. The quantitative estimate of drug-likeness (QED) is 0.662. The molecule has 0 aliphatic carbocycles. The Morgan fingerprint density at radius 3 is 2.71 bits per heavy atom. The third-order valence-electron chi connectivity index (χ3n) is 3.53. The van der Waals surface area contributed by atoms with E-state index < -0.39 is 0 Å². The number of hydrogen-bond acceptors (Lipinski definition) is 3. The second kappa shape index (κ2) is 7.67. The summed E-state index contributed by atoms with van der Waals surface area (Å²) in [6.45, 7) is 5.97. The monoisotopic (exact) mass is 242 g/mol. The molecule has 1 rings (SSSR count). The van der Waals surface area contributed by atoms with Gasteiger partial charge in [-0.2, -0.15) is 0 Å². The number of piperidine rings is 1. The molecule has 1 fully saturated rings. The van der Waals surface area contributed by atoms with Crippen molar-refractivity contribution in [3.8, 4) is 0 Å². The van der Waals surface area contributed by atoms with Crippen LogP contribution in [0.1, 0.15) is 39.0 Å². The maximum atomic E-state index is 11.6. The molecule has 100 valence electrons. The van der Waals surface area contributed by atoms with E-state index in [-0.39, 0.29) is 11.3 Å². The number of carbonyl (C=O) groups excluding carboxylic acids is 1. The number of rotatable bonds is 7. The first-order chi connectivity index (χ1) is 8.16. The maximum Gasteiger partial charge on any atom is 0.220 e. The molecule has 0 atom stereocenters. The van der Waals surface area contributed by atoms with Gasteiger partial charge < -0.3 is 15.4 Å². The zero-order valence-electron chi connectivity index (χ0n) is 11.2. The molecular weight excluding hydrogens is 216 g/mol. The molecule has 0 unspecified atom stereocenters. The van der Waals surface area contributed by atoms with Crippen LogP contribution in [0.4, 0.5) is 0 Å². The fraction of sp³-hybridized carbons (Fsp3) is 0.923. The lowest BCUT2D eigenvalue weighted by Crippen LogP contribution is -2.42. The van der Waals surface area contributed by atoms with Crippen molar-refractivity contribution in [3.63, 3.8) is 0 Å². The van der Waals surface area contributed by atoms with E-state index in [2.05, 4.69) is 17.6 Å². The molecule has 1 aliphatic rings. The molecule has 1 aliphatic heterocycles. The number of ether oxygens (including phenoxy) is 1. The minimum Gasteiger partial charge on any atom is -0.385 e. The molecule has 1 amide bonds. The zero-order chi connectivity index (χ0) is 12.6. The van der Waals surface area contributed by atoms with Gasteiger partial charge in [-0.05, 0) is 44.2 Å². The van der Waals surface area contributed by atoms with Crippen LogP contribution in [-0.4, -0.2) is 39.3 Å². The largest absolute Gasteiger partial charge is 0.385 e. The Morgan fingerprint density at radius 2 is 2.06 bits per heavy atom. The summed E-state index contributed by atoms with van der Waals surface area (Å²) in [5.41, 5.74) is 0.285. The molecule has 0 saturated carbocycles. The Morgan fingerprint density at radius 1 is 1.35 bits per heavy atom. The number of methoxy groups -OCH3 is 1. The molecule has 0 aromatic rings. The lowest BCUT2D eigenvalue weighted by atomic mass is 9.81. The van der Waals surface area contributed by atoms with Crippen molar-refractivity contribution >= 4 is 5.91 Å². The molecule has 0 aromatic heterocycles. The van der Waals surface area contributed by atoms with Crippen molar-refractivity contribution in [1.29, 1.82) is 0 Å². The van der Waals surface area contributed by atoms with E-state index in [9.17, 15) is 4.79 Å². The average Bonchev–Trinajstić information content (AvgIpc) is 2.33. The summed E-state index contributed by atoms with van der Waals surface area (Å²) in [5.74, 6) is 0.181. The van der Waals surface area contributed by atoms with E-state index in [1.807, 2.05) is 0 Å². The van der Waals surface area contributed by atoms with Crippen LogP contribution in [0.5, 0.6) is 0 Å². The summed E-state index contributed by atoms with van der Waals surface area (Å²) < 4.78 is 4.96. The van der Waals surface area contributed by atoms with Gasteiger partial charge in [0.15, 0.2) is 0 Å². The van der Waals surface area contributed by atoms with Gasteiger partial charge in [-0.25, -0.2) is 0 Å². The zero-order valence-corrected chi connectivity index (χ0v) is 11.2. The van der Waals surface area contributed by atoms with Crippen molar-refractivity contribution in [3.05, 3.63) is 0 Å². The van der Waals surface area contributed by atoms with Crippen LogP contribution in [-0.2, 0) is 9.53 Å². The Hall–Kier alpha value is -0.610. The normalized spacial score (nSPS) is 18.9. The first-order valence-corrected chi connectivity index (χ1v) is 6.63. The smallest absolute Gasteiger partial charge is 0.220 e. The van der Waals surface area contributed by atoms with Gasteiger partial charge in [0.05, 0.1) is 0 Å². The standard InChI is InChI=1S/C13H26N2O2/c1-13(6-8-14-9-7-13)11-15-12(16)5-3-4-10-17-2/h14H,3-11H2,1-2H3,(H,15,16). The van der Waals surface area contributed by atoms with E-state index in [0.717, 1.165) is 51.9 Å². The molecule has 4 heteroatoms. The minimum absolute atomic E-state index is 0.181.